The highest BCUT2D eigenvalue weighted by Gasteiger charge is 2.24. The molecular weight excluding hydrogens is 353 g/mol. The van der Waals surface area contributed by atoms with Crippen molar-refractivity contribution in [2.24, 2.45) is 7.05 Å². The van der Waals surface area contributed by atoms with Gasteiger partial charge in [-0.15, -0.1) is 0 Å². The fraction of sp³-hybridized carbons (Fsp3) is 0.312. The standard InChI is InChI=1S/C16H17Cl2N3O3/c1-8-14(9(2)21(4)20-8)19-15(22)10(3)24-16(23)13-11(17)6-5-7-12(13)18/h5-7,10H,1-4H3,(H,19,22)/t10-/m0/s1. The summed E-state index contributed by atoms with van der Waals surface area (Å²) < 4.78 is 6.83. The van der Waals surface area contributed by atoms with E-state index in [4.69, 9.17) is 27.9 Å². The molecule has 1 aromatic heterocycles. The molecule has 0 aliphatic heterocycles. The van der Waals surface area contributed by atoms with Crippen molar-refractivity contribution in [2.75, 3.05) is 5.32 Å². The number of ether oxygens (including phenoxy) is 1. The van der Waals surface area contributed by atoms with Gasteiger partial charge in [0.25, 0.3) is 5.91 Å². The van der Waals surface area contributed by atoms with E-state index < -0.39 is 18.0 Å². The topological polar surface area (TPSA) is 73.2 Å². The number of hydrogen-bond donors (Lipinski definition) is 1. The average Bonchev–Trinajstić information content (AvgIpc) is 2.73. The molecule has 0 radical (unpaired) electrons. The minimum Gasteiger partial charge on any atom is -0.449 e. The Balaban J connectivity index is 2.10. The smallest absolute Gasteiger partial charge is 0.341 e. The van der Waals surface area contributed by atoms with E-state index in [1.165, 1.54) is 19.1 Å². The van der Waals surface area contributed by atoms with Crippen LogP contribution in [0.2, 0.25) is 10.0 Å². The maximum absolute atomic E-state index is 12.3. The number of esters is 1. The zero-order valence-corrected chi connectivity index (χ0v) is 15.2. The number of nitrogens with zero attached hydrogens (tertiary/aromatic N) is 2. The second-order valence-corrected chi connectivity index (χ2v) is 6.12. The van der Waals surface area contributed by atoms with E-state index in [1.54, 1.807) is 24.7 Å². The first kappa shape index (κ1) is 18.3. The first-order valence-electron chi connectivity index (χ1n) is 7.18. The number of aryl methyl sites for hydroxylation is 2. The van der Waals surface area contributed by atoms with E-state index in [1.807, 2.05) is 6.92 Å². The normalized spacial score (nSPS) is 11.9. The van der Waals surface area contributed by atoms with Crippen LogP contribution in [0.3, 0.4) is 0 Å². The van der Waals surface area contributed by atoms with Crippen molar-refractivity contribution >= 4 is 40.8 Å². The summed E-state index contributed by atoms with van der Waals surface area (Å²) in [4.78, 5) is 24.5. The molecule has 0 fully saturated rings. The number of hydrogen-bond acceptors (Lipinski definition) is 4. The number of rotatable bonds is 4. The summed E-state index contributed by atoms with van der Waals surface area (Å²) in [6.07, 6.45) is -1.02. The van der Waals surface area contributed by atoms with Crippen LogP contribution in [0.15, 0.2) is 18.2 Å². The van der Waals surface area contributed by atoms with Gasteiger partial charge < -0.3 is 10.1 Å². The van der Waals surface area contributed by atoms with E-state index >= 15 is 0 Å². The third-order valence-electron chi connectivity index (χ3n) is 3.58. The van der Waals surface area contributed by atoms with Crippen LogP contribution in [0.5, 0.6) is 0 Å². The molecule has 0 aliphatic rings. The zero-order chi connectivity index (χ0) is 18.0. The van der Waals surface area contributed by atoms with Crippen LogP contribution in [-0.4, -0.2) is 27.8 Å². The Morgan fingerprint density at radius 2 is 1.83 bits per heavy atom. The van der Waals surface area contributed by atoms with Crippen LogP contribution in [0.1, 0.15) is 28.7 Å². The van der Waals surface area contributed by atoms with Crippen LogP contribution in [0.25, 0.3) is 0 Å². The van der Waals surface area contributed by atoms with Gasteiger partial charge in [-0.25, -0.2) is 4.79 Å². The summed E-state index contributed by atoms with van der Waals surface area (Å²) in [5, 5.41) is 7.27. The molecule has 1 aromatic carbocycles. The molecule has 24 heavy (non-hydrogen) atoms. The Kier molecular flexibility index (Phi) is 5.51. The molecule has 1 N–H and O–H groups in total. The summed E-state index contributed by atoms with van der Waals surface area (Å²) in [7, 11) is 1.78. The number of amides is 1. The monoisotopic (exact) mass is 369 g/mol. The molecular formula is C16H17Cl2N3O3. The first-order chi connectivity index (χ1) is 11.2. The molecule has 1 heterocycles. The van der Waals surface area contributed by atoms with Crippen molar-refractivity contribution in [3.05, 3.63) is 45.2 Å². The quantitative estimate of drug-likeness (QED) is 0.836. The number of benzene rings is 1. The third-order valence-corrected chi connectivity index (χ3v) is 4.21. The van der Waals surface area contributed by atoms with Crippen LogP contribution in [0, 0.1) is 13.8 Å². The largest absolute Gasteiger partial charge is 0.449 e. The first-order valence-corrected chi connectivity index (χ1v) is 7.94. The maximum atomic E-state index is 12.3. The third kappa shape index (κ3) is 3.71. The Morgan fingerprint density at radius 1 is 1.25 bits per heavy atom. The second-order valence-electron chi connectivity index (χ2n) is 5.30. The van der Waals surface area contributed by atoms with E-state index in [0.29, 0.717) is 11.4 Å². The van der Waals surface area contributed by atoms with Gasteiger partial charge in [0, 0.05) is 7.05 Å². The minimum atomic E-state index is -1.02. The summed E-state index contributed by atoms with van der Waals surface area (Å²) in [5.74, 6) is -1.22. The van der Waals surface area contributed by atoms with Gasteiger partial charge in [-0.2, -0.15) is 5.10 Å². The van der Waals surface area contributed by atoms with Crippen LogP contribution < -0.4 is 5.32 Å². The molecule has 0 saturated carbocycles. The Bertz CT molecular complexity index is 782. The van der Waals surface area contributed by atoms with Crippen molar-refractivity contribution in [3.63, 3.8) is 0 Å². The molecule has 2 rings (SSSR count). The molecule has 0 unspecified atom stereocenters. The summed E-state index contributed by atoms with van der Waals surface area (Å²) >= 11 is 11.9. The summed E-state index contributed by atoms with van der Waals surface area (Å²) in [5.41, 5.74) is 2.11. The zero-order valence-electron chi connectivity index (χ0n) is 13.7. The number of aromatic nitrogens is 2. The molecule has 128 valence electrons. The van der Waals surface area contributed by atoms with Crippen molar-refractivity contribution in [2.45, 2.75) is 26.9 Å². The molecule has 0 saturated heterocycles. The highest BCUT2D eigenvalue weighted by atomic mass is 35.5. The molecule has 1 amide bonds. The van der Waals surface area contributed by atoms with E-state index in [-0.39, 0.29) is 15.6 Å². The van der Waals surface area contributed by atoms with Crippen molar-refractivity contribution < 1.29 is 14.3 Å². The van der Waals surface area contributed by atoms with Gasteiger partial charge in [0.05, 0.1) is 32.7 Å². The number of carbonyl (C=O) groups is 2. The second kappa shape index (κ2) is 7.23. The van der Waals surface area contributed by atoms with Crippen LogP contribution in [-0.2, 0) is 16.6 Å². The molecule has 6 nitrogen and oxygen atoms in total. The van der Waals surface area contributed by atoms with Gasteiger partial charge in [0.1, 0.15) is 0 Å². The molecule has 1 atom stereocenters. The van der Waals surface area contributed by atoms with Crippen LogP contribution >= 0.6 is 23.2 Å². The fourth-order valence-corrected chi connectivity index (χ4v) is 2.70. The van der Waals surface area contributed by atoms with Crippen molar-refractivity contribution in [1.82, 2.24) is 9.78 Å². The van der Waals surface area contributed by atoms with Gasteiger partial charge in [-0.1, -0.05) is 29.3 Å². The van der Waals surface area contributed by atoms with E-state index in [0.717, 1.165) is 5.69 Å². The lowest BCUT2D eigenvalue weighted by molar-refractivity contribution is -0.123. The molecule has 0 aliphatic carbocycles. The summed E-state index contributed by atoms with van der Waals surface area (Å²) in [6, 6.07) is 4.67. The molecule has 0 spiro atoms. The predicted octanol–water partition coefficient (Wildman–Crippen LogP) is 3.53. The molecule has 8 heteroatoms. The maximum Gasteiger partial charge on any atom is 0.341 e. The number of nitrogens with one attached hydrogen (secondary N) is 1. The van der Waals surface area contributed by atoms with Gasteiger partial charge in [-0.05, 0) is 32.9 Å². The number of carbonyl (C=O) groups excluding carboxylic acids is 2. The minimum absolute atomic E-state index is 0.0363. The highest BCUT2D eigenvalue weighted by Crippen LogP contribution is 2.25. The summed E-state index contributed by atoms with van der Waals surface area (Å²) in [6.45, 7) is 5.08. The van der Waals surface area contributed by atoms with Gasteiger partial charge in [0.15, 0.2) is 6.10 Å². The highest BCUT2D eigenvalue weighted by molar-refractivity contribution is 6.39. The fourth-order valence-electron chi connectivity index (χ4n) is 2.15. The predicted molar refractivity (Wildman–Crippen MR) is 92.7 cm³/mol. The van der Waals surface area contributed by atoms with Gasteiger partial charge in [0.2, 0.25) is 0 Å². The van der Waals surface area contributed by atoms with Gasteiger partial charge >= 0.3 is 5.97 Å². The lowest BCUT2D eigenvalue weighted by Crippen LogP contribution is -2.30. The Hall–Kier alpha value is -2.05. The molecule has 0 bridgehead atoms. The van der Waals surface area contributed by atoms with Crippen molar-refractivity contribution in [1.29, 1.82) is 0 Å². The lowest BCUT2D eigenvalue weighted by atomic mass is 10.2. The van der Waals surface area contributed by atoms with E-state index in [9.17, 15) is 9.59 Å². The average molecular weight is 370 g/mol. The Morgan fingerprint density at radius 3 is 2.33 bits per heavy atom. The van der Waals surface area contributed by atoms with Gasteiger partial charge in [-0.3, -0.25) is 9.48 Å². The Labute approximate surface area is 149 Å². The van der Waals surface area contributed by atoms with Crippen LogP contribution in [0.4, 0.5) is 5.69 Å². The number of anilines is 1. The van der Waals surface area contributed by atoms with Crippen molar-refractivity contribution in [3.8, 4) is 0 Å². The lowest BCUT2D eigenvalue weighted by Gasteiger charge is -2.14. The molecule has 2 aromatic rings. The number of halogens is 2. The van der Waals surface area contributed by atoms with E-state index in [2.05, 4.69) is 10.4 Å². The SMILES string of the molecule is Cc1nn(C)c(C)c1NC(=O)[C@H](C)OC(=O)c1c(Cl)cccc1Cl.